The van der Waals surface area contributed by atoms with Crippen molar-refractivity contribution < 1.29 is 0 Å². The molecule has 15 heavy (non-hydrogen) atoms. The summed E-state index contributed by atoms with van der Waals surface area (Å²) >= 11 is 4.84. The highest BCUT2D eigenvalue weighted by atomic mass is 32.1. The first-order valence-corrected chi connectivity index (χ1v) is 5.42. The molecule has 80 valence electrons. The van der Waals surface area contributed by atoms with Crippen molar-refractivity contribution in [3.63, 3.8) is 0 Å². The predicted molar refractivity (Wildman–Crippen MR) is 65.9 cm³/mol. The summed E-state index contributed by atoms with van der Waals surface area (Å²) in [6, 6.07) is 4.38. The van der Waals surface area contributed by atoms with Crippen LogP contribution >= 0.6 is 12.2 Å². The summed E-state index contributed by atoms with van der Waals surface area (Å²) in [7, 11) is 0. The van der Waals surface area contributed by atoms with Crippen LogP contribution < -0.4 is 11.1 Å². The van der Waals surface area contributed by atoms with Gasteiger partial charge in [0.2, 0.25) is 0 Å². The average molecular weight is 221 g/mol. The van der Waals surface area contributed by atoms with E-state index in [1.165, 1.54) is 6.42 Å². The molecule has 0 amide bonds. The van der Waals surface area contributed by atoms with Crippen molar-refractivity contribution in [2.24, 2.45) is 11.1 Å². The Bertz CT molecular complexity index is 383. The zero-order chi connectivity index (χ0) is 11.1. The maximum atomic E-state index is 5.47. The Morgan fingerprint density at radius 2 is 2.27 bits per heavy atom. The fourth-order valence-corrected chi connectivity index (χ4v) is 1.66. The van der Waals surface area contributed by atoms with Crippen LogP contribution in [-0.4, -0.2) is 16.0 Å². The number of pyridine rings is 1. The van der Waals surface area contributed by atoms with E-state index in [0.29, 0.717) is 22.1 Å². The quantitative estimate of drug-likeness (QED) is 0.766. The van der Waals surface area contributed by atoms with Crippen LogP contribution in [0, 0.1) is 5.41 Å². The van der Waals surface area contributed by atoms with Gasteiger partial charge in [-0.25, -0.2) is 0 Å². The summed E-state index contributed by atoms with van der Waals surface area (Å²) in [6.45, 7) is 4.50. The number of rotatable bonds is 3. The van der Waals surface area contributed by atoms with Gasteiger partial charge in [0.25, 0.3) is 0 Å². The molecule has 0 aromatic carbocycles. The number of hydrogen-bond donors (Lipinski definition) is 2. The van der Waals surface area contributed by atoms with E-state index in [4.69, 9.17) is 18.0 Å². The van der Waals surface area contributed by atoms with E-state index in [9.17, 15) is 0 Å². The highest BCUT2D eigenvalue weighted by Crippen LogP contribution is 2.46. The fourth-order valence-electron chi connectivity index (χ4n) is 1.54. The Kier molecular flexibility index (Phi) is 2.38. The summed E-state index contributed by atoms with van der Waals surface area (Å²) in [5.41, 5.74) is 7.59. The molecular formula is C11H15N3S. The van der Waals surface area contributed by atoms with Gasteiger partial charge in [-0.05, 0) is 24.0 Å². The number of hydrogen-bond acceptors (Lipinski definition) is 3. The van der Waals surface area contributed by atoms with E-state index in [0.717, 1.165) is 5.69 Å². The van der Waals surface area contributed by atoms with Crippen molar-refractivity contribution in [2.75, 3.05) is 5.32 Å². The second kappa shape index (κ2) is 3.45. The van der Waals surface area contributed by atoms with Crippen LogP contribution in [0.4, 0.5) is 5.69 Å². The Balaban J connectivity index is 2.02. The number of nitrogens with one attached hydrogen (secondary N) is 1. The van der Waals surface area contributed by atoms with Crippen molar-refractivity contribution in [1.82, 2.24) is 4.98 Å². The van der Waals surface area contributed by atoms with Crippen LogP contribution in [0.3, 0.4) is 0 Å². The summed E-state index contributed by atoms with van der Waals surface area (Å²) in [4.78, 5) is 4.52. The van der Waals surface area contributed by atoms with Crippen molar-refractivity contribution in [1.29, 1.82) is 0 Å². The SMILES string of the molecule is CC1(C)CC1Nc1ccc(C(N)=S)nc1. The third-order valence-corrected chi connectivity index (χ3v) is 3.08. The van der Waals surface area contributed by atoms with E-state index in [1.807, 2.05) is 12.1 Å². The first kappa shape index (κ1) is 10.4. The van der Waals surface area contributed by atoms with Crippen molar-refractivity contribution in [3.8, 4) is 0 Å². The minimum absolute atomic E-state index is 0.341. The van der Waals surface area contributed by atoms with Crippen molar-refractivity contribution in [3.05, 3.63) is 24.0 Å². The zero-order valence-electron chi connectivity index (χ0n) is 8.95. The summed E-state index contributed by atoms with van der Waals surface area (Å²) in [5, 5.41) is 3.43. The summed E-state index contributed by atoms with van der Waals surface area (Å²) in [5.74, 6) is 0. The van der Waals surface area contributed by atoms with E-state index in [2.05, 4.69) is 24.1 Å². The Morgan fingerprint density at radius 1 is 1.60 bits per heavy atom. The average Bonchev–Trinajstić information content (AvgIpc) is 2.74. The summed E-state index contributed by atoms with van der Waals surface area (Å²) in [6.07, 6.45) is 2.99. The molecule has 3 N–H and O–H groups in total. The monoisotopic (exact) mass is 221 g/mol. The van der Waals surface area contributed by atoms with E-state index in [1.54, 1.807) is 6.20 Å². The van der Waals surface area contributed by atoms with E-state index < -0.39 is 0 Å². The third kappa shape index (κ3) is 2.26. The Morgan fingerprint density at radius 3 is 2.67 bits per heavy atom. The Labute approximate surface area is 95.1 Å². The maximum absolute atomic E-state index is 5.47. The molecule has 0 saturated heterocycles. The second-order valence-corrected chi connectivity index (χ2v) is 5.13. The number of aromatic nitrogens is 1. The third-order valence-electron chi connectivity index (χ3n) is 2.87. The minimum atomic E-state index is 0.341. The first-order valence-electron chi connectivity index (χ1n) is 5.01. The smallest absolute Gasteiger partial charge is 0.122 e. The second-order valence-electron chi connectivity index (χ2n) is 4.69. The number of nitrogens with two attached hydrogens (primary N) is 1. The maximum Gasteiger partial charge on any atom is 0.122 e. The molecule has 0 spiro atoms. The standard InChI is InChI=1S/C11H15N3S/c1-11(2)5-9(11)14-7-3-4-8(10(12)15)13-6-7/h3-4,6,9,14H,5H2,1-2H3,(H2,12,15). The molecule has 1 aromatic heterocycles. The van der Waals surface area contributed by atoms with Gasteiger partial charge in [0.05, 0.1) is 17.6 Å². The van der Waals surface area contributed by atoms with Crippen LogP contribution in [0.25, 0.3) is 0 Å². The molecule has 0 aliphatic heterocycles. The lowest BCUT2D eigenvalue weighted by atomic mass is 10.2. The lowest BCUT2D eigenvalue weighted by Gasteiger charge is -2.07. The molecule has 1 atom stereocenters. The predicted octanol–water partition coefficient (Wildman–Crippen LogP) is 1.93. The van der Waals surface area contributed by atoms with Crippen LogP contribution in [0.15, 0.2) is 18.3 Å². The molecule has 1 saturated carbocycles. The molecular weight excluding hydrogens is 206 g/mol. The highest BCUT2D eigenvalue weighted by molar-refractivity contribution is 7.80. The van der Waals surface area contributed by atoms with Gasteiger partial charge < -0.3 is 11.1 Å². The number of thiocarbonyl (C=S) groups is 1. The van der Waals surface area contributed by atoms with Crippen LogP contribution in [0.5, 0.6) is 0 Å². The molecule has 1 aliphatic carbocycles. The molecule has 0 bridgehead atoms. The molecule has 1 heterocycles. The van der Waals surface area contributed by atoms with Crippen LogP contribution in [0.1, 0.15) is 26.0 Å². The fraction of sp³-hybridized carbons (Fsp3) is 0.455. The van der Waals surface area contributed by atoms with Crippen LogP contribution in [-0.2, 0) is 0 Å². The Hall–Kier alpha value is -1.16. The normalized spacial score (nSPS) is 22.1. The molecule has 4 heteroatoms. The molecule has 0 radical (unpaired) electrons. The van der Waals surface area contributed by atoms with Gasteiger partial charge in [-0.2, -0.15) is 0 Å². The number of nitrogens with zero attached hydrogens (tertiary/aromatic N) is 1. The number of anilines is 1. The lowest BCUT2D eigenvalue weighted by molar-refractivity contribution is 0.630. The van der Waals surface area contributed by atoms with E-state index >= 15 is 0 Å². The van der Waals surface area contributed by atoms with Gasteiger partial charge in [0, 0.05) is 6.04 Å². The molecule has 1 aliphatic rings. The van der Waals surface area contributed by atoms with E-state index in [-0.39, 0.29) is 0 Å². The van der Waals surface area contributed by atoms with Crippen molar-refractivity contribution >= 4 is 22.9 Å². The minimum Gasteiger partial charge on any atom is -0.388 e. The molecule has 1 unspecified atom stereocenters. The van der Waals surface area contributed by atoms with Gasteiger partial charge in [0.15, 0.2) is 0 Å². The topological polar surface area (TPSA) is 50.9 Å². The largest absolute Gasteiger partial charge is 0.388 e. The molecule has 1 aromatic rings. The van der Waals surface area contributed by atoms with Crippen molar-refractivity contribution in [2.45, 2.75) is 26.3 Å². The summed E-state index contributed by atoms with van der Waals surface area (Å²) < 4.78 is 0. The van der Waals surface area contributed by atoms with Gasteiger partial charge in [-0.1, -0.05) is 26.1 Å². The first-order chi connectivity index (χ1) is 6.99. The lowest BCUT2D eigenvalue weighted by Crippen LogP contribution is -2.12. The highest BCUT2D eigenvalue weighted by Gasteiger charge is 2.45. The molecule has 2 rings (SSSR count). The molecule has 1 fully saturated rings. The van der Waals surface area contributed by atoms with Gasteiger partial charge in [0.1, 0.15) is 4.99 Å². The zero-order valence-corrected chi connectivity index (χ0v) is 9.77. The van der Waals surface area contributed by atoms with Gasteiger partial charge in [-0.15, -0.1) is 0 Å². The molecule has 3 nitrogen and oxygen atoms in total. The van der Waals surface area contributed by atoms with Gasteiger partial charge in [-0.3, -0.25) is 4.98 Å². The van der Waals surface area contributed by atoms with Crippen LogP contribution in [0.2, 0.25) is 0 Å². The van der Waals surface area contributed by atoms with Gasteiger partial charge >= 0.3 is 0 Å².